The summed E-state index contributed by atoms with van der Waals surface area (Å²) in [6, 6.07) is 0. The van der Waals surface area contributed by atoms with Crippen molar-refractivity contribution >= 4 is 5.97 Å². The Labute approximate surface area is 99.9 Å². The summed E-state index contributed by atoms with van der Waals surface area (Å²) in [5, 5.41) is 8.82. The van der Waals surface area contributed by atoms with Crippen LogP contribution >= 0.6 is 0 Å². The summed E-state index contributed by atoms with van der Waals surface area (Å²) in [4.78, 5) is 19.5. The highest BCUT2D eigenvalue weighted by molar-refractivity contribution is 5.70. The largest absolute Gasteiger partial charge is 0.481 e. The van der Waals surface area contributed by atoms with Crippen molar-refractivity contribution in [3.05, 3.63) is 22.8 Å². The van der Waals surface area contributed by atoms with Crippen LogP contribution in [0.25, 0.3) is 0 Å². The number of aryl methyl sites for hydroxylation is 2. The number of hydrogen-bond acceptors (Lipinski definition) is 4. The first-order valence-corrected chi connectivity index (χ1v) is 5.75. The molecule has 0 aliphatic carbocycles. The predicted molar refractivity (Wildman–Crippen MR) is 60.8 cm³/mol. The van der Waals surface area contributed by atoms with Gasteiger partial charge in [0.1, 0.15) is 6.10 Å². The van der Waals surface area contributed by atoms with Crippen LogP contribution in [0, 0.1) is 13.8 Å². The second kappa shape index (κ2) is 4.79. The Morgan fingerprint density at radius 1 is 1.41 bits per heavy atom. The maximum atomic E-state index is 10.7. The molecule has 1 aliphatic rings. The molecule has 92 valence electrons. The molecule has 1 saturated heterocycles. The van der Waals surface area contributed by atoms with Gasteiger partial charge in [-0.05, 0) is 26.7 Å². The van der Waals surface area contributed by atoms with Gasteiger partial charge in [0.15, 0.2) is 5.82 Å². The number of aromatic nitrogens is 2. The lowest BCUT2D eigenvalue weighted by atomic mass is 10.1. The van der Waals surface area contributed by atoms with E-state index in [4.69, 9.17) is 9.84 Å². The number of carbonyl (C=O) groups is 1. The number of hydrogen-bond donors (Lipinski definition) is 1. The third kappa shape index (κ3) is 2.61. The highest BCUT2D eigenvalue weighted by atomic mass is 16.5. The zero-order chi connectivity index (χ0) is 12.4. The van der Waals surface area contributed by atoms with E-state index >= 15 is 0 Å². The molecule has 17 heavy (non-hydrogen) atoms. The van der Waals surface area contributed by atoms with Gasteiger partial charge >= 0.3 is 5.97 Å². The van der Waals surface area contributed by atoms with E-state index in [0.717, 1.165) is 30.8 Å². The van der Waals surface area contributed by atoms with Crippen LogP contribution in [0.1, 0.15) is 41.7 Å². The minimum atomic E-state index is -0.857. The molecule has 1 fully saturated rings. The van der Waals surface area contributed by atoms with Crippen molar-refractivity contribution in [2.45, 2.75) is 39.2 Å². The quantitative estimate of drug-likeness (QED) is 0.862. The molecule has 1 aromatic rings. The van der Waals surface area contributed by atoms with E-state index in [1.54, 1.807) is 0 Å². The van der Waals surface area contributed by atoms with Crippen LogP contribution in [0.4, 0.5) is 0 Å². The van der Waals surface area contributed by atoms with E-state index in [9.17, 15) is 4.79 Å². The maximum Gasteiger partial charge on any atom is 0.307 e. The average molecular weight is 236 g/mol. The molecule has 0 amide bonds. The Balaban J connectivity index is 2.30. The van der Waals surface area contributed by atoms with Gasteiger partial charge in [-0.15, -0.1) is 0 Å². The summed E-state index contributed by atoms with van der Waals surface area (Å²) in [5.41, 5.74) is 2.19. The van der Waals surface area contributed by atoms with Crippen molar-refractivity contribution < 1.29 is 14.6 Å². The molecule has 2 rings (SSSR count). The summed E-state index contributed by atoms with van der Waals surface area (Å²) in [6.45, 7) is 4.40. The summed E-state index contributed by atoms with van der Waals surface area (Å²) in [6.07, 6.45) is 1.93. The molecule has 0 spiro atoms. The number of nitrogens with zero attached hydrogens (tertiary/aromatic N) is 2. The van der Waals surface area contributed by atoms with Gasteiger partial charge in [0.2, 0.25) is 0 Å². The van der Waals surface area contributed by atoms with Crippen LogP contribution < -0.4 is 0 Å². The minimum absolute atomic E-state index is 0.0220. The van der Waals surface area contributed by atoms with Crippen molar-refractivity contribution in [1.82, 2.24) is 9.97 Å². The molecule has 0 radical (unpaired) electrons. The van der Waals surface area contributed by atoms with Crippen molar-refractivity contribution in [2.24, 2.45) is 0 Å². The third-order valence-corrected chi connectivity index (χ3v) is 2.98. The summed E-state index contributed by atoms with van der Waals surface area (Å²) < 4.78 is 5.53. The highest BCUT2D eigenvalue weighted by Crippen LogP contribution is 2.27. The van der Waals surface area contributed by atoms with E-state index in [-0.39, 0.29) is 12.5 Å². The molecule has 1 N–H and O–H groups in total. The maximum absolute atomic E-state index is 10.7. The first kappa shape index (κ1) is 12.0. The van der Waals surface area contributed by atoms with E-state index in [1.807, 2.05) is 13.8 Å². The van der Waals surface area contributed by atoms with E-state index < -0.39 is 5.97 Å². The van der Waals surface area contributed by atoms with Gasteiger partial charge in [-0.25, -0.2) is 9.97 Å². The number of carboxylic acid groups (broad SMARTS) is 1. The van der Waals surface area contributed by atoms with Crippen LogP contribution in [0.2, 0.25) is 0 Å². The molecule has 1 unspecified atom stereocenters. The minimum Gasteiger partial charge on any atom is -0.481 e. The normalized spacial score (nSPS) is 19.5. The zero-order valence-corrected chi connectivity index (χ0v) is 10.1. The molecule has 1 aliphatic heterocycles. The topological polar surface area (TPSA) is 72.3 Å². The summed E-state index contributed by atoms with van der Waals surface area (Å²) in [7, 11) is 0. The molecule has 0 aromatic carbocycles. The van der Waals surface area contributed by atoms with Gasteiger partial charge in [-0.2, -0.15) is 0 Å². The van der Waals surface area contributed by atoms with Crippen molar-refractivity contribution in [3.8, 4) is 0 Å². The van der Waals surface area contributed by atoms with Gasteiger partial charge in [0.05, 0.1) is 6.42 Å². The predicted octanol–water partition coefficient (Wildman–Crippen LogP) is 1.57. The highest BCUT2D eigenvalue weighted by Gasteiger charge is 2.22. The van der Waals surface area contributed by atoms with Crippen LogP contribution in [-0.2, 0) is 16.0 Å². The Morgan fingerprint density at radius 2 is 2.06 bits per heavy atom. The summed E-state index contributed by atoms with van der Waals surface area (Å²) >= 11 is 0. The van der Waals surface area contributed by atoms with E-state index in [2.05, 4.69) is 9.97 Å². The standard InChI is InChI=1S/C12H16N2O3/c1-7-9(6-11(15)16)8(2)14-12(13-7)10-4-3-5-17-10/h10H,3-6H2,1-2H3,(H,15,16). The van der Waals surface area contributed by atoms with Crippen molar-refractivity contribution in [1.29, 1.82) is 0 Å². The van der Waals surface area contributed by atoms with Crippen LogP contribution in [-0.4, -0.2) is 27.7 Å². The molecular weight excluding hydrogens is 220 g/mol. The SMILES string of the molecule is Cc1nc(C2CCCO2)nc(C)c1CC(=O)O. The van der Waals surface area contributed by atoms with E-state index in [1.165, 1.54) is 0 Å². The molecule has 5 nitrogen and oxygen atoms in total. The smallest absolute Gasteiger partial charge is 0.307 e. The first-order valence-electron chi connectivity index (χ1n) is 5.75. The Hall–Kier alpha value is -1.49. The Morgan fingerprint density at radius 3 is 2.53 bits per heavy atom. The molecule has 1 atom stereocenters. The Bertz CT molecular complexity index is 416. The zero-order valence-electron chi connectivity index (χ0n) is 10.1. The van der Waals surface area contributed by atoms with Crippen molar-refractivity contribution in [2.75, 3.05) is 6.61 Å². The number of aliphatic carboxylic acids is 1. The molecule has 1 aromatic heterocycles. The number of ether oxygens (including phenoxy) is 1. The fourth-order valence-corrected chi connectivity index (χ4v) is 2.10. The first-order chi connectivity index (χ1) is 8.08. The fraction of sp³-hybridized carbons (Fsp3) is 0.583. The van der Waals surface area contributed by atoms with Crippen molar-refractivity contribution in [3.63, 3.8) is 0 Å². The molecule has 5 heteroatoms. The lowest BCUT2D eigenvalue weighted by molar-refractivity contribution is -0.136. The van der Waals surface area contributed by atoms with Crippen LogP contribution in [0.3, 0.4) is 0 Å². The van der Waals surface area contributed by atoms with Gasteiger partial charge in [0, 0.05) is 23.6 Å². The van der Waals surface area contributed by atoms with E-state index in [0.29, 0.717) is 11.4 Å². The number of carboxylic acids is 1. The molecular formula is C12H16N2O3. The van der Waals surface area contributed by atoms with Gasteiger partial charge in [-0.3, -0.25) is 4.79 Å². The van der Waals surface area contributed by atoms with Gasteiger partial charge in [0.25, 0.3) is 0 Å². The number of rotatable bonds is 3. The second-order valence-electron chi connectivity index (χ2n) is 4.30. The molecule has 0 saturated carbocycles. The monoisotopic (exact) mass is 236 g/mol. The average Bonchev–Trinajstić information content (AvgIpc) is 2.76. The molecule has 2 heterocycles. The lowest BCUT2D eigenvalue weighted by Gasteiger charge is -2.12. The second-order valence-corrected chi connectivity index (χ2v) is 4.30. The van der Waals surface area contributed by atoms with Gasteiger partial charge in [-0.1, -0.05) is 0 Å². The third-order valence-electron chi connectivity index (χ3n) is 2.98. The molecule has 0 bridgehead atoms. The Kier molecular flexibility index (Phi) is 3.38. The lowest BCUT2D eigenvalue weighted by Crippen LogP contribution is -2.12. The summed E-state index contributed by atoms with van der Waals surface area (Å²) in [5.74, 6) is -0.170. The van der Waals surface area contributed by atoms with Crippen LogP contribution in [0.15, 0.2) is 0 Å². The van der Waals surface area contributed by atoms with Gasteiger partial charge < -0.3 is 9.84 Å². The van der Waals surface area contributed by atoms with Crippen LogP contribution in [0.5, 0.6) is 0 Å². The fourth-order valence-electron chi connectivity index (χ4n) is 2.10.